The van der Waals surface area contributed by atoms with Crippen LogP contribution in [0.4, 0.5) is 10.1 Å². The summed E-state index contributed by atoms with van der Waals surface area (Å²) in [5, 5.41) is 3.49. The van der Waals surface area contributed by atoms with E-state index < -0.39 is 0 Å². The fourth-order valence-electron chi connectivity index (χ4n) is 4.32. The number of halogens is 1. The smallest absolute Gasteiger partial charge is 0.255 e. The summed E-state index contributed by atoms with van der Waals surface area (Å²) in [6, 6.07) is 10.1. The molecule has 10 heteroatoms. The van der Waals surface area contributed by atoms with Crippen molar-refractivity contribution in [3.05, 3.63) is 53.3 Å². The number of hydrogen-bond acceptors (Lipinski definition) is 8. The van der Waals surface area contributed by atoms with Crippen LogP contribution in [0.25, 0.3) is 22.3 Å². The zero-order valence-electron chi connectivity index (χ0n) is 22.0. The fraction of sp³-hybridized carbons (Fsp3) is 0.464. The second-order valence-electron chi connectivity index (χ2n) is 8.98. The molecule has 0 atom stereocenters. The van der Waals surface area contributed by atoms with Crippen molar-refractivity contribution >= 4 is 34.5 Å². The highest BCUT2D eigenvalue weighted by atomic mass is 32.2. The molecule has 1 aromatic heterocycles. The van der Waals surface area contributed by atoms with E-state index in [9.17, 15) is 9.18 Å². The number of rotatable bonds is 16. The zero-order chi connectivity index (χ0) is 26.9. The maximum absolute atomic E-state index is 13.6. The molecule has 1 amide bonds. The van der Waals surface area contributed by atoms with Crippen molar-refractivity contribution in [2.75, 3.05) is 70.3 Å². The van der Waals surface area contributed by atoms with E-state index in [4.69, 9.17) is 24.4 Å². The number of nitrogens with zero attached hydrogens (tertiary/aromatic N) is 1. The molecule has 1 heterocycles. The molecule has 4 rings (SSSR count). The summed E-state index contributed by atoms with van der Waals surface area (Å²) in [6.45, 7) is 4.33. The van der Waals surface area contributed by atoms with E-state index in [1.807, 2.05) is 12.3 Å². The van der Waals surface area contributed by atoms with E-state index in [0.717, 1.165) is 23.9 Å². The molecule has 1 saturated carbocycles. The van der Waals surface area contributed by atoms with Crippen LogP contribution < -0.4 is 15.4 Å². The number of fused-ring (bicyclic) bond motifs is 1. The van der Waals surface area contributed by atoms with Crippen LogP contribution in [-0.4, -0.2) is 71.9 Å². The monoisotopic (exact) mass is 545 g/mol. The first-order valence-corrected chi connectivity index (χ1v) is 14.1. The Hall–Kier alpha value is -2.63. The van der Waals surface area contributed by atoms with Crippen LogP contribution in [0.5, 0.6) is 0 Å². The third-order valence-electron chi connectivity index (χ3n) is 6.35. The van der Waals surface area contributed by atoms with Gasteiger partial charge in [-0.2, -0.15) is 0 Å². The van der Waals surface area contributed by atoms with Crippen LogP contribution in [0.3, 0.4) is 0 Å². The number of nitrogens with two attached hydrogens (primary N) is 1. The van der Waals surface area contributed by atoms with Crippen molar-refractivity contribution in [3.8, 4) is 11.3 Å². The van der Waals surface area contributed by atoms with E-state index in [1.54, 1.807) is 31.1 Å². The van der Waals surface area contributed by atoms with Crippen molar-refractivity contribution < 1.29 is 27.8 Å². The molecule has 38 heavy (non-hydrogen) atoms. The molecule has 0 bridgehead atoms. The minimum absolute atomic E-state index is 0.235. The number of carbonyl (C=O) groups is 1. The molecule has 1 fully saturated rings. The number of furan rings is 1. The third kappa shape index (κ3) is 7.06. The highest BCUT2D eigenvalue weighted by molar-refractivity contribution is 7.99. The lowest BCUT2D eigenvalue weighted by atomic mass is 10.0. The van der Waals surface area contributed by atoms with Crippen molar-refractivity contribution in [1.82, 2.24) is 5.32 Å². The number of amides is 1. The van der Waals surface area contributed by atoms with Crippen LogP contribution in [0, 0.1) is 5.82 Å². The van der Waals surface area contributed by atoms with Gasteiger partial charge in [0.15, 0.2) is 0 Å². The van der Waals surface area contributed by atoms with Gasteiger partial charge in [0.1, 0.15) is 17.2 Å². The summed E-state index contributed by atoms with van der Waals surface area (Å²) in [6.07, 6.45) is 4.26. The van der Waals surface area contributed by atoms with Gasteiger partial charge in [0, 0.05) is 36.9 Å². The average molecular weight is 546 g/mol. The number of benzene rings is 2. The standard InChI is InChI=1S/C28H36FN3O5S/c1-31-28(33)26-23-17-22(19-3-4-19)24(18-25(23)37-27(26)20-5-7-21(29)8-6-20)32(38-2)10-12-35-14-16-36-15-13-34-11-9-30/h5-8,17-19H,3-4,9-16,30H2,1-2H3,(H,31,33). The van der Waals surface area contributed by atoms with Crippen LogP contribution in [0.1, 0.15) is 34.7 Å². The Morgan fingerprint density at radius 3 is 2.34 bits per heavy atom. The Bertz CT molecular complexity index is 1200. The number of nitrogens with one attached hydrogen (secondary N) is 1. The van der Waals surface area contributed by atoms with Gasteiger partial charge in [-0.05, 0) is 54.7 Å². The predicted molar refractivity (Wildman–Crippen MR) is 149 cm³/mol. The highest BCUT2D eigenvalue weighted by Gasteiger charge is 2.31. The first-order valence-electron chi connectivity index (χ1n) is 12.9. The third-order valence-corrected chi connectivity index (χ3v) is 7.17. The molecule has 0 unspecified atom stereocenters. The number of anilines is 1. The summed E-state index contributed by atoms with van der Waals surface area (Å²) in [5.41, 5.74) is 9.39. The van der Waals surface area contributed by atoms with Crippen molar-refractivity contribution in [2.24, 2.45) is 5.73 Å². The first kappa shape index (κ1) is 28.4. The minimum Gasteiger partial charge on any atom is -0.455 e. The van der Waals surface area contributed by atoms with Crippen LogP contribution >= 0.6 is 11.9 Å². The first-order chi connectivity index (χ1) is 18.6. The van der Waals surface area contributed by atoms with Gasteiger partial charge in [-0.15, -0.1) is 0 Å². The van der Waals surface area contributed by atoms with Crippen LogP contribution in [0.15, 0.2) is 40.8 Å². The Labute approximate surface area is 227 Å². The van der Waals surface area contributed by atoms with Crippen LogP contribution in [0.2, 0.25) is 0 Å². The van der Waals surface area contributed by atoms with Gasteiger partial charge in [-0.3, -0.25) is 4.79 Å². The Kier molecular flexibility index (Phi) is 10.4. The summed E-state index contributed by atoms with van der Waals surface area (Å²) in [5.74, 6) is 0.304. The molecule has 0 spiro atoms. The molecule has 3 aromatic rings. The van der Waals surface area contributed by atoms with Gasteiger partial charge >= 0.3 is 0 Å². The molecule has 1 aliphatic rings. The summed E-state index contributed by atoms with van der Waals surface area (Å²) < 4.78 is 38.6. The average Bonchev–Trinajstić information content (AvgIpc) is 3.71. The van der Waals surface area contributed by atoms with Crippen molar-refractivity contribution in [2.45, 2.75) is 18.8 Å². The van der Waals surface area contributed by atoms with Gasteiger partial charge in [-0.25, -0.2) is 4.39 Å². The van der Waals surface area contributed by atoms with Crippen molar-refractivity contribution in [3.63, 3.8) is 0 Å². The lowest BCUT2D eigenvalue weighted by Crippen LogP contribution is -2.22. The summed E-state index contributed by atoms with van der Waals surface area (Å²) in [4.78, 5) is 12.9. The van der Waals surface area contributed by atoms with Gasteiger partial charge in [-0.1, -0.05) is 11.9 Å². The molecule has 0 aliphatic heterocycles. The van der Waals surface area contributed by atoms with Gasteiger partial charge in [0.05, 0.1) is 57.4 Å². The summed E-state index contributed by atoms with van der Waals surface area (Å²) >= 11 is 1.62. The highest BCUT2D eigenvalue weighted by Crippen LogP contribution is 2.48. The minimum atomic E-state index is -0.342. The van der Waals surface area contributed by atoms with E-state index in [2.05, 4.69) is 15.7 Å². The molecule has 0 saturated heterocycles. The summed E-state index contributed by atoms with van der Waals surface area (Å²) in [7, 11) is 1.60. The van der Waals surface area contributed by atoms with Gasteiger partial charge < -0.3 is 34.0 Å². The zero-order valence-corrected chi connectivity index (χ0v) is 22.8. The van der Waals surface area contributed by atoms with Crippen molar-refractivity contribution in [1.29, 1.82) is 0 Å². The maximum atomic E-state index is 13.6. The Morgan fingerprint density at radius 2 is 1.74 bits per heavy atom. The molecule has 0 radical (unpaired) electrons. The van der Waals surface area contributed by atoms with E-state index in [-0.39, 0.29) is 11.7 Å². The van der Waals surface area contributed by atoms with E-state index >= 15 is 0 Å². The number of ether oxygens (including phenoxy) is 3. The number of hydrogen-bond donors (Lipinski definition) is 2. The molecule has 1 aliphatic carbocycles. The van der Waals surface area contributed by atoms with Crippen LogP contribution in [-0.2, 0) is 14.2 Å². The fourth-order valence-corrected chi connectivity index (χ4v) is 4.94. The van der Waals surface area contributed by atoms with E-state index in [1.165, 1.54) is 17.7 Å². The largest absolute Gasteiger partial charge is 0.455 e. The molecule has 206 valence electrons. The van der Waals surface area contributed by atoms with Gasteiger partial charge in [0.2, 0.25) is 0 Å². The quantitative estimate of drug-likeness (QED) is 0.200. The molecule has 2 aromatic carbocycles. The normalized spacial score (nSPS) is 13.3. The lowest BCUT2D eigenvalue weighted by Gasteiger charge is -2.24. The van der Waals surface area contributed by atoms with Gasteiger partial charge in [0.25, 0.3) is 5.91 Å². The SMILES string of the molecule is CNC(=O)c1c(-c2ccc(F)cc2)oc2cc(N(CCOCCOCCOCCN)SC)c(C3CC3)cc12. The van der Waals surface area contributed by atoms with E-state index in [0.29, 0.717) is 81.1 Å². The number of carbonyl (C=O) groups excluding carboxylic acids is 1. The molecular weight excluding hydrogens is 509 g/mol. The second-order valence-corrected chi connectivity index (χ2v) is 9.79. The molecular formula is C28H36FN3O5S. The molecule has 8 nitrogen and oxygen atoms in total. The topological polar surface area (TPSA) is 99.2 Å². The Morgan fingerprint density at radius 1 is 1.08 bits per heavy atom. The molecule has 3 N–H and O–H groups in total. The maximum Gasteiger partial charge on any atom is 0.255 e. The lowest BCUT2D eigenvalue weighted by molar-refractivity contribution is 0.0176. The Balaban J connectivity index is 1.50. The predicted octanol–water partition coefficient (Wildman–Crippen LogP) is 4.57. The second kappa shape index (κ2) is 14.0.